The van der Waals surface area contributed by atoms with Crippen molar-refractivity contribution in [2.45, 2.75) is 19.3 Å². The summed E-state index contributed by atoms with van der Waals surface area (Å²) in [6.45, 7) is 6.56. The van der Waals surface area contributed by atoms with Gasteiger partial charge < -0.3 is 10.2 Å². The maximum Gasteiger partial charge on any atom is 0.225 e. The molecule has 2 heterocycles. The zero-order valence-electron chi connectivity index (χ0n) is 12.8. The molecule has 22 heavy (non-hydrogen) atoms. The van der Waals surface area contributed by atoms with E-state index in [1.165, 1.54) is 19.3 Å². The van der Waals surface area contributed by atoms with Crippen LogP contribution in [0.4, 0.5) is 11.8 Å². The normalized spacial score (nSPS) is 14.6. The summed E-state index contributed by atoms with van der Waals surface area (Å²) in [5.41, 5.74) is 2.08. The smallest absolute Gasteiger partial charge is 0.225 e. The number of nitrogens with one attached hydrogen (secondary N) is 1. The number of hydrogen-bond acceptors (Lipinski definition) is 4. The molecule has 1 aliphatic rings. The summed E-state index contributed by atoms with van der Waals surface area (Å²) < 4.78 is 0. The molecule has 1 saturated heterocycles. The Kier molecular flexibility index (Phi) is 4.68. The largest absolute Gasteiger partial charge is 0.356 e. The lowest BCUT2D eigenvalue weighted by Crippen LogP contribution is -2.30. The predicted molar refractivity (Wildman–Crippen MR) is 92.2 cm³/mol. The van der Waals surface area contributed by atoms with Crippen molar-refractivity contribution < 1.29 is 0 Å². The number of rotatable bonds is 5. The molecular formula is C18H22N4. The number of aromatic nitrogens is 2. The number of benzene rings is 1. The van der Waals surface area contributed by atoms with E-state index < -0.39 is 0 Å². The number of anilines is 2. The fraction of sp³-hybridized carbons (Fsp3) is 0.333. The van der Waals surface area contributed by atoms with Crippen LogP contribution in [0.25, 0.3) is 11.3 Å². The van der Waals surface area contributed by atoms with Gasteiger partial charge in [-0.05, 0) is 19.3 Å². The van der Waals surface area contributed by atoms with Crippen molar-refractivity contribution >= 4 is 11.8 Å². The SMILES string of the molecule is C=CCNc1nc(-c2ccccc2)cc(N2CCCCC2)n1. The van der Waals surface area contributed by atoms with E-state index in [0.717, 1.165) is 30.2 Å². The first-order valence-corrected chi connectivity index (χ1v) is 7.91. The Labute approximate surface area is 131 Å². The maximum atomic E-state index is 4.68. The highest BCUT2D eigenvalue weighted by Crippen LogP contribution is 2.25. The molecule has 0 radical (unpaired) electrons. The average molecular weight is 294 g/mol. The van der Waals surface area contributed by atoms with E-state index in [0.29, 0.717) is 12.5 Å². The average Bonchev–Trinajstić information content (AvgIpc) is 2.61. The van der Waals surface area contributed by atoms with Crippen LogP contribution >= 0.6 is 0 Å². The molecule has 2 aromatic rings. The minimum atomic E-state index is 0.664. The van der Waals surface area contributed by atoms with Crippen LogP contribution in [0, 0.1) is 0 Å². The van der Waals surface area contributed by atoms with Gasteiger partial charge in [-0.1, -0.05) is 36.4 Å². The van der Waals surface area contributed by atoms with Gasteiger partial charge in [0.1, 0.15) is 5.82 Å². The van der Waals surface area contributed by atoms with E-state index in [9.17, 15) is 0 Å². The molecule has 0 aliphatic carbocycles. The van der Waals surface area contributed by atoms with Gasteiger partial charge in [-0.2, -0.15) is 4.98 Å². The molecule has 1 aromatic carbocycles. The van der Waals surface area contributed by atoms with E-state index >= 15 is 0 Å². The van der Waals surface area contributed by atoms with Gasteiger partial charge in [0.15, 0.2) is 0 Å². The Morgan fingerprint density at radius 1 is 1.09 bits per heavy atom. The van der Waals surface area contributed by atoms with Crippen molar-refractivity contribution in [1.29, 1.82) is 0 Å². The second kappa shape index (κ2) is 7.07. The van der Waals surface area contributed by atoms with Gasteiger partial charge in [0.05, 0.1) is 5.69 Å². The van der Waals surface area contributed by atoms with Crippen LogP contribution in [0.3, 0.4) is 0 Å². The lowest BCUT2D eigenvalue weighted by atomic mass is 10.1. The zero-order chi connectivity index (χ0) is 15.2. The van der Waals surface area contributed by atoms with E-state index in [4.69, 9.17) is 0 Å². The first-order chi connectivity index (χ1) is 10.9. The molecule has 0 atom stereocenters. The van der Waals surface area contributed by atoms with Crippen LogP contribution < -0.4 is 10.2 Å². The quantitative estimate of drug-likeness (QED) is 0.853. The predicted octanol–water partition coefficient (Wildman–Crippen LogP) is 3.73. The van der Waals surface area contributed by atoms with Gasteiger partial charge in [0.2, 0.25) is 5.95 Å². The lowest BCUT2D eigenvalue weighted by Gasteiger charge is -2.28. The van der Waals surface area contributed by atoms with Crippen molar-refractivity contribution in [2.24, 2.45) is 0 Å². The summed E-state index contributed by atoms with van der Waals surface area (Å²) >= 11 is 0. The summed E-state index contributed by atoms with van der Waals surface area (Å²) in [4.78, 5) is 11.7. The van der Waals surface area contributed by atoms with E-state index in [-0.39, 0.29) is 0 Å². The molecule has 0 unspecified atom stereocenters. The molecular weight excluding hydrogens is 272 g/mol. The molecule has 1 fully saturated rings. The highest BCUT2D eigenvalue weighted by molar-refractivity contribution is 5.64. The third kappa shape index (κ3) is 3.45. The van der Waals surface area contributed by atoms with Crippen molar-refractivity contribution in [3.8, 4) is 11.3 Å². The van der Waals surface area contributed by atoms with Crippen molar-refractivity contribution in [3.05, 3.63) is 49.1 Å². The number of hydrogen-bond donors (Lipinski definition) is 1. The summed E-state index contributed by atoms with van der Waals surface area (Å²) in [5.74, 6) is 1.68. The Morgan fingerprint density at radius 3 is 2.59 bits per heavy atom. The first-order valence-electron chi connectivity index (χ1n) is 7.91. The van der Waals surface area contributed by atoms with Crippen LogP contribution in [-0.2, 0) is 0 Å². The van der Waals surface area contributed by atoms with Gasteiger partial charge in [0.25, 0.3) is 0 Å². The summed E-state index contributed by atoms with van der Waals surface area (Å²) in [6.07, 6.45) is 5.61. The molecule has 114 valence electrons. The summed E-state index contributed by atoms with van der Waals surface area (Å²) in [7, 11) is 0. The third-order valence-electron chi connectivity index (χ3n) is 3.87. The minimum absolute atomic E-state index is 0.664. The van der Waals surface area contributed by atoms with Crippen LogP contribution in [-0.4, -0.2) is 29.6 Å². The molecule has 4 nitrogen and oxygen atoms in total. The fourth-order valence-corrected chi connectivity index (χ4v) is 2.72. The fourth-order valence-electron chi connectivity index (χ4n) is 2.72. The van der Waals surface area contributed by atoms with Crippen molar-refractivity contribution in [1.82, 2.24) is 9.97 Å². The first kappa shape index (κ1) is 14.6. The van der Waals surface area contributed by atoms with Crippen molar-refractivity contribution in [3.63, 3.8) is 0 Å². The molecule has 0 spiro atoms. The van der Waals surface area contributed by atoms with Crippen LogP contribution in [0.15, 0.2) is 49.1 Å². The minimum Gasteiger partial charge on any atom is -0.356 e. The molecule has 1 N–H and O–H groups in total. The molecule has 0 amide bonds. The monoisotopic (exact) mass is 294 g/mol. The molecule has 1 aliphatic heterocycles. The Morgan fingerprint density at radius 2 is 1.86 bits per heavy atom. The summed E-state index contributed by atoms with van der Waals surface area (Å²) in [6, 6.07) is 12.4. The molecule has 3 rings (SSSR count). The van der Waals surface area contributed by atoms with Crippen LogP contribution in [0.2, 0.25) is 0 Å². The number of piperidine rings is 1. The lowest BCUT2D eigenvalue weighted by molar-refractivity contribution is 0.573. The van der Waals surface area contributed by atoms with E-state index in [2.05, 4.69) is 45.0 Å². The van der Waals surface area contributed by atoms with Gasteiger partial charge in [-0.3, -0.25) is 0 Å². The topological polar surface area (TPSA) is 41.1 Å². The third-order valence-corrected chi connectivity index (χ3v) is 3.87. The second-order valence-corrected chi connectivity index (χ2v) is 5.52. The number of nitrogens with zero attached hydrogens (tertiary/aromatic N) is 3. The van der Waals surface area contributed by atoms with E-state index in [1.54, 1.807) is 0 Å². The summed E-state index contributed by atoms with van der Waals surface area (Å²) in [5, 5.41) is 3.22. The second-order valence-electron chi connectivity index (χ2n) is 5.52. The zero-order valence-corrected chi connectivity index (χ0v) is 12.8. The Hall–Kier alpha value is -2.36. The highest BCUT2D eigenvalue weighted by Gasteiger charge is 2.15. The van der Waals surface area contributed by atoms with Crippen LogP contribution in [0.1, 0.15) is 19.3 Å². The standard InChI is InChI=1S/C18H22N4/c1-2-11-19-18-20-16(15-9-5-3-6-10-15)14-17(21-18)22-12-7-4-8-13-22/h2-3,5-6,9-10,14H,1,4,7-8,11-13H2,(H,19,20,21). The molecule has 4 heteroatoms. The molecule has 0 bridgehead atoms. The van der Waals surface area contributed by atoms with E-state index in [1.807, 2.05) is 24.3 Å². The Balaban J connectivity index is 1.95. The molecule has 0 saturated carbocycles. The Bertz CT molecular complexity index is 618. The van der Waals surface area contributed by atoms with Crippen LogP contribution in [0.5, 0.6) is 0 Å². The van der Waals surface area contributed by atoms with Gasteiger partial charge in [-0.15, -0.1) is 6.58 Å². The molecule has 1 aromatic heterocycles. The van der Waals surface area contributed by atoms with Crippen molar-refractivity contribution in [2.75, 3.05) is 29.9 Å². The van der Waals surface area contributed by atoms with Gasteiger partial charge in [-0.25, -0.2) is 4.98 Å². The maximum absolute atomic E-state index is 4.68. The van der Waals surface area contributed by atoms with Gasteiger partial charge in [0, 0.05) is 31.3 Å². The highest BCUT2D eigenvalue weighted by atomic mass is 15.2. The van der Waals surface area contributed by atoms with Gasteiger partial charge >= 0.3 is 0 Å².